The summed E-state index contributed by atoms with van der Waals surface area (Å²) in [7, 11) is 2.13. The van der Waals surface area contributed by atoms with Crippen molar-refractivity contribution in [2.75, 3.05) is 25.5 Å². The lowest BCUT2D eigenvalue weighted by Crippen LogP contribution is -2.31. The number of nitrogens with zero attached hydrogens (tertiary/aromatic N) is 3. The minimum atomic E-state index is -0.395. The number of amides is 1. The molecule has 4 rings (SSSR count). The lowest BCUT2D eigenvalue weighted by Gasteiger charge is -2.28. The van der Waals surface area contributed by atoms with Crippen molar-refractivity contribution < 1.29 is 4.79 Å². The third-order valence-electron chi connectivity index (χ3n) is 5.49. The summed E-state index contributed by atoms with van der Waals surface area (Å²) in [5.41, 5.74) is 1.90. The van der Waals surface area contributed by atoms with Gasteiger partial charge >= 0.3 is 0 Å². The van der Waals surface area contributed by atoms with E-state index >= 15 is 0 Å². The van der Waals surface area contributed by atoms with Crippen LogP contribution < -0.4 is 10.9 Å². The van der Waals surface area contributed by atoms with E-state index in [2.05, 4.69) is 27.3 Å². The van der Waals surface area contributed by atoms with Crippen LogP contribution >= 0.6 is 0 Å². The fraction of sp³-hybridized carbons (Fsp3) is 0.526. The van der Waals surface area contributed by atoms with Crippen molar-refractivity contribution in [3.05, 3.63) is 45.5 Å². The molecule has 0 bridgehead atoms. The van der Waals surface area contributed by atoms with Crippen LogP contribution in [0.4, 0.5) is 5.82 Å². The summed E-state index contributed by atoms with van der Waals surface area (Å²) in [6, 6.07) is 3.91. The van der Waals surface area contributed by atoms with E-state index in [-0.39, 0.29) is 11.1 Å². The summed E-state index contributed by atoms with van der Waals surface area (Å²) in [4.78, 5) is 30.0. The van der Waals surface area contributed by atoms with Crippen LogP contribution in [0.25, 0.3) is 0 Å². The molecule has 2 N–H and O–H groups in total. The molecule has 2 aromatic rings. The van der Waals surface area contributed by atoms with E-state index in [1.807, 2.05) is 10.9 Å². The predicted octanol–water partition coefficient (Wildman–Crippen LogP) is 1.97. The van der Waals surface area contributed by atoms with Crippen molar-refractivity contribution in [3.63, 3.8) is 0 Å². The first-order chi connectivity index (χ1) is 12.6. The van der Waals surface area contributed by atoms with E-state index in [4.69, 9.17) is 0 Å². The fourth-order valence-electron chi connectivity index (χ4n) is 3.89. The van der Waals surface area contributed by atoms with E-state index in [0.717, 1.165) is 62.9 Å². The number of carbonyl (C=O) groups excluding carboxylic acids is 1. The molecule has 0 unspecified atom stereocenters. The van der Waals surface area contributed by atoms with Crippen molar-refractivity contribution in [3.8, 4) is 0 Å². The number of likely N-dealkylation sites (tertiary alicyclic amines) is 1. The van der Waals surface area contributed by atoms with Crippen LogP contribution in [0.15, 0.2) is 23.1 Å². The number of carbonyl (C=O) groups is 1. The summed E-state index contributed by atoms with van der Waals surface area (Å²) in [5.74, 6) is 0.0966. The Kier molecular flexibility index (Phi) is 4.63. The second-order valence-corrected chi connectivity index (χ2v) is 7.39. The molecule has 26 heavy (non-hydrogen) atoms. The summed E-state index contributed by atoms with van der Waals surface area (Å²) in [6.45, 7) is 2.10. The van der Waals surface area contributed by atoms with Crippen molar-refractivity contribution in [2.24, 2.45) is 0 Å². The molecule has 1 aliphatic carbocycles. The van der Waals surface area contributed by atoms with Crippen LogP contribution in [0, 0.1) is 0 Å². The maximum Gasteiger partial charge on any atom is 0.262 e. The maximum absolute atomic E-state index is 12.6. The summed E-state index contributed by atoms with van der Waals surface area (Å²) >= 11 is 0. The first-order valence-corrected chi connectivity index (χ1v) is 9.40. The number of rotatable bonds is 3. The number of aromatic amines is 1. The Hall–Kier alpha value is -2.41. The molecule has 7 nitrogen and oxygen atoms in total. The van der Waals surface area contributed by atoms with E-state index < -0.39 is 5.91 Å². The molecule has 0 atom stereocenters. The Labute approximate surface area is 152 Å². The molecule has 0 saturated carbocycles. The Morgan fingerprint density at radius 1 is 1.27 bits per heavy atom. The van der Waals surface area contributed by atoms with Gasteiger partial charge < -0.3 is 15.2 Å². The Morgan fingerprint density at radius 2 is 2.04 bits per heavy atom. The van der Waals surface area contributed by atoms with Crippen molar-refractivity contribution in [1.82, 2.24) is 19.7 Å². The van der Waals surface area contributed by atoms with Crippen LogP contribution in [-0.4, -0.2) is 45.7 Å². The normalized spacial score (nSPS) is 18.5. The zero-order chi connectivity index (χ0) is 18.1. The second kappa shape index (κ2) is 7.07. The van der Waals surface area contributed by atoms with E-state index in [1.165, 1.54) is 0 Å². The third kappa shape index (κ3) is 3.44. The minimum absolute atomic E-state index is 0.166. The van der Waals surface area contributed by atoms with Crippen LogP contribution in [0.5, 0.6) is 0 Å². The number of H-pyrrole nitrogens is 1. The van der Waals surface area contributed by atoms with Crippen LogP contribution in [0.2, 0.25) is 0 Å². The highest BCUT2D eigenvalue weighted by Crippen LogP contribution is 2.22. The van der Waals surface area contributed by atoms with Gasteiger partial charge in [-0.25, -0.2) is 0 Å². The van der Waals surface area contributed by atoms with Gasteiger partial charge in [-0.1, -0.05) is 0 Å². The van der Waals surface area contributed by atoms with Gasteiger partial charge in [0.25, 0.3) is 11.5 Å². The van der Waals surface area contributed by atoms with E-state index in [0.29, 0.717) is 11.9 Å². The number of nitrogens with one attached hydrogen (secondary N) is 2. The van der Waals surface area contributed by atoms with Crippen LogP contribution in [0.3, 0.4) is 0 Å². The van der Waals surface area contributed by atoms with Crippen LogP contribution in [0.1, 0.15) is 53.3 Å². The molecule has 3 heterocycles. The van der Waals surface area contributed by atoms with Crippen LogP contribution in [-0.2, 0) is 12.8 Å². The molecular weight excluding hydrogens is 330 g/mol. The number of anilines is 1. The molecule has 0 radical (unpaired) electrons. The first kappa shape index (κ1) is 17.0. The smallest absolute Gasteiger partial charge is 0.262 e. The molecule has 1 fully saturated rings. The largest absolute Gasteiger partial charge is 0.325 e. The van der Waals surface area contributed by atoms with Gasteiger partial charge in [0.2, 0.25) is 0 Å². The van der Waals surface area contributed by atoms with Gasteiger partial charge in [-0.3, -0.25) is 14.3 Å². The Balaban J connectivity index is 1.48. The number of hydrogen-bond donors (Lipinski definition) is 2. The highest BCUT2D eigenvalue weighted by Gasteiger charge is 2.20. The van der Waals surface area contributed by atoms with Gasteiger partial charge in [0.15, 0.2) is 5.82 Å². The lowest BCUT2D eigenvalue weighted by atomic mass is 9.95. The average molecular weight is 355 g/mol. The first-order valence-electron chi connectivity index (χ1n) is 9.40. The molecule has 7 heteroatoms. The number of piperidine rings is 1. The molecule has 2 aromatic heterocycles. The standard InChI is InChI=1S/C19H25N5O2/c1-23-9-6-14(7-10-23)24-11-8-17(22-24)21-19(26)15-12-13-4-2-3-5-16(13)20-18(15)25/h8,11-12,14H,2-7,9-10H2,1H3,(H,20,25)(H,21,22,26). The lowest BCUT2D eigenvalue weighted by molar-refractivity contribution is 0.102. The van der Waals surface area contributed by atoms with Gasteiger partial charge in [-0.05, 0) is 70.3 Å². The number of hydrogen-bond acceptors (Lipinski definition) is 4. The maximum atomic E-state index is 12.6. The second-order valence-electron chi connectivity index (χ2n) is 7.39. The summed E-state index contributed by atoms with van der Waals surface area (Å²) in [5, 5.41) is 7.27. The number of pyridine rings is 1. The van der Waals surface area contributed by atoms with E-state index in [1.54, 1.807) is 12.1 Å². The highest BCUT2D eigenvalue weighted by molar-refractivity contribution is 6.03. The van der Waals surface area contributed by atoms with Gasteiger partial charge in [0, 0.05) is 18.0 Å². The molecule has 1 saturated heterocycles. The van der Waals surface area contributed by atoms with E-state index in [9.17, 15) is 9.59 Å². The third-order valence-corrected chi connectivity index (χ3v) is 5.49. The monoisotopic (exact) mass is 355 g/mol. The highest BCUT2D eigenvalue weighted by atomic mass is 16.2. The Bertz CT molecular complexity index is 861. The minimum Gasteiger partial charge on any atom is -0.325 e. The van der Waals surface area contributed by atoms with Crippen molar-refractivity contribution in [1.29, 1.82) is 0 Å². The molecule has 138 valence electrons. The number of fused-ring (bicyclic) bond motifs is 1. The average Bonchev–Trinajstić information content (AvgIpc) is 3.10. The summed E-state index contributed by atoms with van der Waals surface area (Å²) in [6.07, 6.45) is 7.99. The molecular formula is C19H25N5O2. The quantitative estimate of drug-likeness (QED) is 0.882. The van der Waals surface area contributed by atoms with Gasteiger partial charge in [-0.2, -0.15) is 5.10 Å². The number of aryl methyl sites for hydroxylation is 2. The fourth-order valence-corrected chi connectivity index (χ4v) is 3.89. The zero-order valence-electron chi connectivity index (χ0n) is 15.1. The SMILES string of the molecule is CN1CCC(n2ccc(NC(=O)c3cc4c([nH]c3=O)CCCC4)n2)CC1. The molecule has 0 spiro atoms. The van der Waals surface area contributed by atoms with Crippen molar-refractivity contribution >= 4 is 11.7 Å². The summed E-state index contributed by atoms with van der Waals surface area (Å²) < 4.78 is 1.93. The molecule has 2 aliphatic rings. The van der Waals surface area contributed by atoms with Gasteiger partial charge in [-0.15, -0.1) is 0 Å². The van der Waals surface area contributed by atoms with Gasteiger partial charge in [0.1, 0.15) is 5.56 Å². The molecule has 0 aromatic carbocycles. The number of aromatic nitrogens is 3. The zero-order valence-corrected chi connectivity index (χ0v) is 15.1. The topological polar surface area (TPSA) is 83.0 Å². The van der Waals surface area contributed by atoms with Crippen molar-refractivity contribution in [2.45, 2.75) is 44.6 Å². The Morgan fingerprint density at radius 3 is 2.85 bits per heavy atom. The predicted molar refractivity (Wildman–Crippen MR) is 99.7 cm³/mol. The van der Waals surface area contributed by atoms with Gasteiger partial charge in [0.05, 0.1) is 6.04 Å². The molecule has 1 aliphatic heterocycles. The molecule has 1 amide bonds.